The summed E-state index contributed by atoms with van der Waals surface area (Å²) in [6.07, 6.45) is 1.52. The van der Waals surface area contributed by atoms with E-state index in [9.17, 15) is 4.79 Å². The van der Waals surface area contributed by atoms with Gasteiger partial charge in [0.2, 0.25) is 0 Å². The van der Waals surface area contributed by atoms with Gasteiger partial charge in [-0.3, -0.25) is 4.79 Å². The Morgan fingerprint density at radius 3 is 2.77 bits per heavy atom. The highest BCUT2D eigenvalue weighted by atomic mass is 79.9. The second-order valence-electron chi connectivity index (χ2n) is 2.79. The molecule has 0 aliphatic heterocycles. The van der Waals surface area contributed by atoms with Crippen molar-refractivity contribution < 1.29 is 4.79 Å². The van der Waals surface area contributed by atoms with E-state index in [0.717, 1.165) is 0 Å². The number of anilines is 1. The monoisotopic (exact) mass is 243 g/mol. The third-order valence-electron chi connectivity index (χ3n) is 1.51. The maximum absolute atomic E-state index is 11.5. The molecule has 4 nitrogen and oxygen atoms in total. The number of rotatable bonds is 1. The van der Waals surface area contributed by atoms with Crippen LogP contribution in [0.4, 0.5) is 5.82 Å². The molecule has 0 radical (unpaired) electrons. The number of amides is 1. The maximum atomic E-state index is 11.5. The van der Waals surface area contributed by atoms with Crippen molar-refractivity contribution in [1.29, 1.82) is 0 Å². The molecule has 0 aliphatic carbocycles. The molecule has 2 N–H and O–H groups in total. The second-order valence-corrected chi connectivity index (χ2v) is 3.64. The number of hydrogen-bond acceptors (Lipinski definition) is 3. The van der Waals surface area contributed by atoms with Gasteiger partial charge in [0.15, 0.2) is 0 Å². The predicted octanol–water partition coefficient (Wildman–Crippen LogP) is 1.13. The number of carbonyl (C=O) groups excluding carboxylic acids is 1. The van der Waals surface area contributed by atoms with Crippen molar-refractivity contribution in [3.8, 4) is 0 Å². The van der Waals surface area contributed by atoms with Gasteiger partial charge in [0.05, 0.1) is 5.56 Å². The normalized spacial score (nSPS) is 9.77. The maximum Gasteiger partial charge on any atom is 0.254 e. The first kappa shape index (κ1) is 9.98. The fourth-order valence-corrected chi connectivity index (χ4v) is 1.25. The van der Waals surface area contributed by atoms with E-state index >= 15 is 0 Å². The van der Waals surface area contributed by atoms with Gasteiger partial charge in [0.25, 0.3) is 5.91 Å². The number of hydrogen-bond donors (Lipinski definition) is 1. The Morgan fingerprint density at radius 2 is 2.23 bits per heavy atom. The Kier molecular flexibility index (Phi) is 2.87. The Balaban J connectivity index is 3.13. The standard InChI is InChI=1S/C8H10BrN3O/c1-12(2)8(13)5-3-7(10)11-4-6(5)9/h3-4H,1-2H3,(H2,10,11). The van der Waals surface area contributed by atoms with Crippen LogP contribution in [0.2, 0.25) is 0 Å². The van der Waals surface area contributed by atoms with Gasteiger partial charge in [0.1, 0.15) is 5.82 Å². The molecule has 70 valence electrons. The molecule has 0 aliphatic rings. The number of carbonyl (C=O) groups is 1. The molecule has 0 atom stereocenters. The Bertz CT molecular complexity index is 338. The predicted molar refractivity (Wildman–Crippen MR) is 54.4 cm³/mol. The molecular formula is C8H10BrN3O. The van der Waals surface area contributed by atoms with Crippen molar-refractivity contribution in [2.75, 3.05) is 19.8 Å². The highest BCUT2D eigenvalue weighted by Crippen LogP contribution is 2.18. The zero-order valence-corrected chi connectivity index (χ0v) is 9.00. The first-order valence-corrected chi connectivity index (χ1v) is 4.44. The minimum Gasteiger partial charge on any atom is -0.384 e. The average molecular weight is 244 g/mol. The molecule has 5 heteroatoms. The van der Waals surface area contributed by atoms with E-state index in [1.54, 1.807) is 20.2 Å². The van der Waals surface area contributed by atoms with Crippen LogP contribution in [0.3, 0.4) is 0 Å². The van der Waals surface area contributed by atoms with Crippen LogP contribution in [0.25, 0.3) is 0 Å². The largest absolute Gasteiger partial charge is 0.384 e. The minimum atomic E-state index is -0.0963. The molecule has 0 saturated heterocycles. The molecule has 0 spiro atoms. The molecule has 0 bridgehead atoms. The molecule has 0 unspecified atom stereocenters. The molecule has 0 aromatic carbocycles. The minimum absolute atomic E-state index is 0.0963. The summed E-state index contributed by atoms with van der Waals surface area (Å²) in [4.78, 5) is 16.9. The first-order chi connectivity index (χ1) is 6.02. The summed E-state index contributed by atoms with van der Waals surface area (Å²) >= 11 is 3.23. The van der Waals surface area contributed by atoms with Crippen molar-refractivity contribution in [2.24, 2.45) is 0 Å². The molecular weight excluding hydrogens is 234 g/mol. The van der Waals surface area contributed by atoms with Crippen LogP contribution < -0.4 is 5.73 Å². The van der Waals surface area contributed by atoms with Gasteiger partial charge in [-0.15, -0.1) is 0 Å². The smallest absolute Gasteiger partial charge is 0.254 e. The molecule has 0 saturated carbocycles. The van der Waals surface area contributed by atoms with Gasteiger partial charge < -0.3 is 10.6 Å². The lowest BCUT2D eigenvalue weighted by Gasteiger charge is -2.11. The van der Waals surface area contributed by atoms with E-state index in [4.69, 9.17) is 5.73 Å². The van der Waals surface area contributed by atoms with Gasteiger partial charge in [-0.1, -0.05) is 0 Å². The summed E-state index contributed by atoms with van der Waals surface area (Å²) in [5.74, 6) is 0.245. The van der Waals surface area contributed by atoms with Crippen LogP contribution in [0.15, 0.2) is 16.7 Å². The molecule has 1 aromatic heterocycles. The van der Waals surface area contributed by atoms with Crippen molar-refractivity contribution in [3.63, 3.8) is 0 Å². The van der Waals surface area contributed by atoms with Gasteiger partial charge in [-0.2, -0.15) is 0 Å². The lowest BCUT2D eigenvalue weighted by atomic mass is 10.2. The van der Waals surface area contributed by atoms with Crippen LogP contribution in [0, 0.1) is 0 Å². The van der Waals surface area contributed by atoms with Crippen molar-refractivity contribution in [3.05, 3.63) is 22.3 Å². The van der Waals surface area contributed by atoms with Crippen molar-refractivity contribution in [2.45, 2.75) is 0 Å². The van der Waals surface area contributed by atoms with Gasteiger partial charge in [-0.25, -0.2) is 4.98 Å². The molecule has 1 aromatic rings. The van der Waals surface area contributed by atoms with E-state index in [0.29, 0.717) is 15.9 Å². The third kappa shape index (κ3) is 2.18. The lowest BCUT2D eigenvalue weighted by Crippen LogP contribution is -2.22. The van der Waals surface area contributed by atoms with E-state index in [2.05, 4.69) is 20.9 Å². The second kappa shape index (κ2) is 3.74. The highest BCUT2D eigenvalue weighted by Gasteiger charge is 2.12. The summed E-state index contributed by atoms with van der Waals surface area (Å²) in [5.41, 5.74) is 5.99. The Labute approximate surface area is 84.9 Å². The molecule has 1 heterocycles. The highest BCUT2D eigenvalue weighted by molar-refractivity contribution is 9.10. The number of halogens is 1. The van der Waals surface area contributed by atoms with E-state index in [1.807, 2.05) is 0 Å². The number of nitrogen functional groups attached to an aromatic ring is 1. The lowest BCUT2D eigenvalue weighted by molar-refractivity contribution is 0.0826. The topological polar surface area (TPSA) is 59.2 Å². The fraction of sp³-hybridized carbons (Fsp3) is 0.250. The quantitative estimate of drug-likeness (QED) is 0.805. The number of nitrogens with zero attached hydrogens (tertiary/aromatic N) is 2. The van der Waals surface area contributed by atoms with Crippen LogP contribution in [-0.4, -0.2) is 29.9 Å². The van der Waals surface area contributed by atoms with E-state index in [1.165, 1.54) is 11.1 Å². The van der Waals surface area contributed by atoms with Crippen molar-refractivity contribution in [1.82, 2.24) is 9.88 Å². The van der Waals surface area contributed by atoms with Gasteiger partial charge >= 0.3 is 0 Å². The number of aromatic nitrogens is 1. The first-order valence-electron chi connectivity index (χ1n) is 3.65. The average Bonchev–Trinajstić information content (AvgIpc) is 2.08. The van der Waals surface area contributed by atoms with Crippen molar-refractivity contribution >= 4 is 27.7 Å². The summed E-state index contributed by atoms with van der Waals surface area (Å²) < 4.78 is 0.653. The number of nitrogens with two attached hydrogens (primary N) is 1. The van der Waals surface area contributed by atoms with Crippen LogP contribution >= 0.6 is 15.9 Å². The SMILES string of the molecule is CN(C)C(=O)c1cc(N)ncc1Br. The summed E-state index contributed by atoms with van der Waals surface area (Å²) in [6.45, 7) is 0. The van der Waals surface area contributed by atoms with E-state index < -0.39 is 0 Å². The zero-order valence-electron chi connectivity index (χ0n) is 7.41. The Morgan fingerprint density at radius 1 is 1.62 bits per heavy atom. The number of pyridine rings is 1. The third-order valence-corrected chi connectivity index (χ3v) is 2.14. The van der Waals surface area contributed by atoms with Crippen LogP contribution in [0.1, 0.15) is 10.4 Å². The molecule has 13 heavy (non-hydrogen) atoms. The Hall–Kier alpha value is -1.10. The summed E-state index contributed by atoms with van der Waals surface area (Å²) in [7, 11) is 3.37. The van der Waals surface area contributed by atoms with Crippen LogP contribution in [0.5, 0.6) is 0 Å². The van der Waals surface area contributed by atoms with Crippen LogP contribution in [-0.2, 0) is 0 Å². The van der Waals surface area contributed by atoms with Gasteiger partial charge in [0, 0.05) is 24.8 Å². The molecule has 1 amide bonds. The van der Waals surface area contributed by atoms with Gasteiger partial charge in [-0.05, 0) is 22.0 Å². The zero-order chi connectivity index (χ0) is 10.0. The van der Waals surface area contributed by atoms with E-state index in [-0.39, 0.29) is 5.91 Å². The summed E-state index contributed by atoms with van der Waals surface area (Å²) in [5, 5.41) is 0. The fourth-order valence-electron chi connectivity index (χ4n) is 0.860. The molecule has 0 fully saturated rings. The molecule has 1 rings (SSSR count). The summed E-state index contributed by atoms with van der Waals surface area (Å²) in [6, 6.07) is 1.55.